The van der Waals surface area contributed by atoms with Crippen LogP contribution in [0.5, 0.6) is 0 Å². The van der Waals surface area contributed by atoms with Gasteiger partial charge in [0.15, 0.2) is 0 Å². The first-order valence-electron chi connectivity index (χ1n) is 26.1. The number of Topliss-reactive ketones (excluding diaryl/α,β-unsaturated/α-hetero) is 1. The Hall–Kier alpha value is -4.55. The van der Waals surface area contributed by atoms with Crippen LogP contribution in [-0.4, -0.2) is 37.0 Å². The summed E-state index contributed by atoms with van der Waals surface area (Å²) in [6.45, 7) is 19.1. The van der Waals surface area contributed by atoms with Gasteiger partial charge < -0.3 is 9.84 Å². The molecule has 4 aromatic rings. The molecule has 5 nitrogen and oxygen atoms in total. The van der Waals surface area contributed by atoms with E-state index in [2.05, 4.69) is 90.2 Å². The second-order valence-corrected chi connectivity index (χ2v) is 27.9. The van der Waals surface area contributed by atoms with E-state index in [0.717, 1.165) is 81.9 Å². The van der Waals surface area contributed by atoms with Crippen LogP contribution in [0.4, 0.5) is 0 Å². The van der Waals surface area contributed by atoms with Crippen LogP contribution in [0, 0.1) is 46.3 Å². The van der Waals surface area contributed by atoms with E-state index in [1.54, 1.807) is 6.07 Å². The van der Waals surface area contributed by atoms with Gasteiger partial charge in [0.2, 0.25) is 0 Å². The van der Waals surface area contributed by atoms with Crippen molar-refractivity contribution in [2.75, 3.05) is 0 Å². The summed E-state index contributed by atoms with van der Waals surface area (Å²) in [7, 11) is -2.64. The minimum Gasteiger partial charge on any atom is -0.478 e. The summed E-state index contributed by atoms with van der Waals surface area (Å²) in [5, 5.41) is 11.0. The lowest BCUT2D eigenvalue weighted by Crippen LogP contribution is -2.54. The monoisotopic (exact) mass is 917 g/mol. The predicted molar refractivity (Wildman–Crippen MR) is 275 cm³/mol. The second kappa shape index (κ2) is 18.4. The van der Waals surface area contributed by atoms with Crippen molar-refractivity contribution in [3.63, 3.8) is 0 Å². The summed E-state index contributed by atoms with van der Waals surface area (Å²) in [5.41, 5.74) is 8.91. The molecule has 0 heterocycles. The number of fused-ring (bicyclic) bond motifs is 6. The molecule has 67 heavy (non-hydrogen) atoms. The van der Waals surface area contributed by atoms with Gasteiger partial charge in [0, 0.05) is 24.3 Å². The molecule has 6 heteroatoms. The minimum atomic E-state index is -2.64. The van der Waals surface area contributed by atoms with Gasteiger partial charge in [0.05, 0.1) is 19.2 Å². The lowest BCUT2D eigenvalue weighted by molar-refractivity contribution is -0.118. The van der Waals surface area contributed by atoms with Crippen LogP contribution in [-0.2, 0) is 14.6 Å². The van der Waals surface area contributed by atoms with Crippen LogP contribution >= 0.6 is 0 Å². The average Bonchev–Trinajstić information content (AvgIpc) is 3.87. The number of allylic oxidation sites excluding steroid dienone is 1. The Bertz CT molecular complexity index is 2540. The van der Waals surface area contributed by atoms with Crippen molar-refractivity contribution in [2.45, 2.75) is 156 Å². The number of carboxylic acid groups (broad SMARTS) is 1. The van der Waals surface area contributed by atoms with Crippen LogP contribution in [0.2, 0.25) is 13.1 Å². The van der Waals surface area contributed by atoms with Gasteiger partial charge in [-0.1, -0.05) is 170 Å². The van der Waals surface area contributed by atoms with Gasteiger partial charge in [-0.25, -0.2) is 9.59 Å². The normalized spacial score (nSPS) is 28.9. The third-order valence-corrected chi connectivity index (χ3v) is 23.8. The largest absolute Gasteiger partial charge is 0.478 e. The number of carbonyl (C=O) groups excluding carboxylic acids is 2. The summed E-state index contributed by atoms with van der Waals surface area (Å²) in [6.07, 6.45) is 17.5. The second-order valence-electron chi connectivity index (χ2n) is 23.2. The van der Waals surface area contributed by atoms with Gasteiger partial charge in [-0.3, -0.25) is 4.79 Å². The SMILES string of the molecule is CCC(=O)CCC1([Si](C)(C)c2ccc(C(=O)O)c(-c3ccc(-c4ccccc4)cc3)c2)c2cccc(C(=O)OC3CC[C@@]4(C)C(=CCC5C4CC[C@@]4(C)C5CC[C@@H]4[C@H](C)CCCC(C)C)C3)c21. The standard InChI is InChI=1S/C61H76O5Si/c1-9-45(62)31-36-61(67(7,8)47-26-28-48(57(63)64)51(38-47)43-23-21-42(22-24-43)41-17-11-10-12-18-41)55-20-14-19-50(56(55)61)58(65)66-46-32-34-59(5)44(37-46)25-27-49-53-30-29-52(40(4)16-13-15-39(2)3)60(53,6)35-33-54(49)59/h10-12,14,17-26,28,38-40,46,49,52-54H,9,13,15-16,27,29-37H2,1-8H3,(H,63,64)/t40-,46?,49?,52-,53?,54?,59+,60-,61?/m1/s1. The number of ether oxygens (including phenoxy) is 1. The molecule has 5 aliphatic rings. The van der Waals surface area contributed by atoms with Crippen molar-refractivity contribution in [1.82, 2.24) is 0 Å². The first kappa shape index (κ1) is 47.5. The Labute approximate surface area is 402 Å². The van der Waals surface area contributed by atoms with E-state index >= 15 is 0 Å². The first-order valence-corrected chi connectivity index (χ1v) is 29.1. The molecular weight excluding hydrogens is 841 g/mol. The van der Waals surface area contributed by atoms with Crippen molar-refractivity contribution in [1.29, 1.82) is 0 Å². The summed E-state index contributed by atoms with van der Waals surface area (Å²) in [6, 6.07) is 30.2. The molecule has 0 radical (unpaired) electrons. The van der Waals surface area contributed by atoms with Crippen LogP contribution in [0.3, 0.4) is 0 Å². The number of ketones is 1. The third-order valence-electron chi connectivity index (χ3n) is 19.2. The highest BCUT2D eigenvalue weighted by atomic mass is 28.3. The number of aromatic carboxylic acids is 1. The molecule has 0 aliphatic heterocycles. The third kappa shape index (κ3) is 8.33. The van der Waals surface area contributed by atoms with E-state index in [4.69, 9.17) is 4.74 Å². The Morgan fingerprint density at radius 2 is 1.52 bits per heavy atom. The molecule has 5 aliphatic carbocycles. The number of hydrogen-bond donors (Lipinski definition) is 1. The highest BCUT2D eigenvalue weighted by Crippen LogP contribution is 2.68. The number of carboxylic acids is 1. The lowest BCUT2D eigenvalue weighted by atomic mass is 9.47. The molecule has 0 bridgehead atoms. The molecule has 0 spiro atoms. The van der Waals surface area contributed by atoms with Crippen LogP contribution in [0.15, 0.2) is 103 Å². The van der Waals surface area contributed by atoms with Crippen molar-refractivity contribution < 1.29 is 24.2 Å². The van der Waals surface area contributed by atoms with E-state index in [0.29, 0.717) is 41.7 Å². The van der Waals surface area contributed by atoms with Crippen LogP contribution in [0.1, 0.15) is 163 Å². The quantitative estimate of drug-likeness (QED) is 0.0688. The summed E-state index contributed by atoms with van der Waals surface area (Å²) >= 11 is 0. The molecule has 0 aromatic heterocycles. The molecular formula is C61H76O5Si. The Kier molecular flexibility index (Phi) is 13.1. The van der Waals surface area contributed by atoms with E-state index in [1.165, 1.54) is 56.9 Å². The zero-order valence-electron chi connectivity index (χ0n) is 41.8. The summed E-state index contributed by atoms with van der Waals surface area (Å²) < 4.78 is 6.62. The number of rotatable bonds is 16. The molecule has 0 amide bonds. The topological polar surface area (TPSA) is 80.7 Å². The Morgan fingerprint density at radius 1 is 0.791 bits per heavy atom. The van der Waals surface area contributed by atoms with Crippen molar-refractivity contribution in [2.24, 2.45) is 46.3 Å². The van der Waals surface area contributed by atoms with Gasteiger partial charge in [0.1, 0.15) is 11.9 Å². The number of esters is 1. The van der Waals surface area contributed by atoms with Crippen molar-refractivity contribution in [3.05, 3.63) is 125 Å². The van der Waals surface area contributed by atoms with Gasteiger partial charge in [-0.15, -0.1) is 0 Å². The number of hydrogen-bond acceptors (Lipinski definition) is 4. The molecule has 0 saturated heterocycles. The summed E-state index contributed by atoms with van der Waals surface area (Å²) in [5.74, 6) is 3.72. The summed E-state index contributed by atoms with van der Waals surface area (Å²) in [4.78, 5) is 40.5. The van der Waals surface area contributed by atoms with Gasteiger partial charge in [0.25, 0.3) is 0 Å². The molecule has 1 N–H and O–H groups in total. The number of carbonyl (C=O) groups is 3. The molecule has 9 atom stereocenters. The fraction of sp³-hybridized carbons (Fsp3) is 0.525. The van der Waals surface area contributed by atoms with Crippen LogP contribution in [0.25, 0.3) is 22.3 Å². The van der Waals surface area contributed by atoms with E-state index < -0.39 is 19.1 Å². The lowest BCUT2D eigenvalue weighted by Gasteiger charge is -2.58. The zero-order chi connectivity index (χ0) is 47.5. The minimum absolute atomic E-state index is 0.157. The molecule has 3 saturated carbocycles. The zero-order valence-corrected chi connectivity index (χ0v) is 42.8. The fourth-order valence-electron chi connectivity index (χ4n) is 15.2. The fourth-order valence-corrected chi connectivity index (χ4v) is 19.2. The molecule has 4 aromatic carbocycles. The van der Waals surface area contributed by atoms with Gasteiger partial charge in [-0.2, -0.15) is 0 Å². The molecule has 9 rings (SSSR count). The first-order chi connectivity index (χ1) is 32.0. The maximum Gasteiger partial charge on any atom is 0.338 e. The molecule has 354 valence electrons. The predicted octanol–water partition coefficient (Wildman–Crippen LogP) is 14.8. The molecule has 5 unspecified atom stereocenters. The maximum atomic E-state index is 14.7. The van der Waals surface area contributed by atoms with E-state index in [9.17, 15) is 19.5 Å². The van der Waals surface area contributed by atoms with Crippen molar-refractivity contribution >= 4 is 31.0 Å². The van der Waals surface area contributed by atoms with Crippen molar-refractivity contribution in [3.8, 4) is 22.3 Å². The van der Waals surface area contributed by atoms with Gasteiger partial charge in [-0.05, 0) is 143 Å². The Morgan fingerprint density at radius 3 is 2.24 bits per heavy atom. The van der Waals surface area contributed by atoms with Gasteiger partial charge >= 0.3 is 11.9 Å². The highest BCUT2D eigenvalue weighted by molar-refractivity contribution is 6.94. The Balaban J connectivity index is 0.947. The average molecular weight is 917 g/mol. The highest BCUT2D eigenvalue weighted by Gasteiger charge is 2.63. The van der Waals surface area contributed by atoms with Crippen LogP contribution < -0.4 is 5.19 Å². The van der Waals surface area contributed by atoms with E-state index in [-0.39, 0.29) is 28.8 Å². The maximum absolute atomic E-state index is 14.7. The van der Waals surface area contributed by atoms with E-state index in [1.807, 2.05) is 55.5 Å². The molecule has 3 fully saturated rings. The number of benzene rings is 4. The smallest absolute Gasteiger partial charge is 0.338 e.